The third-order valence-corrected chi connectivity index (χ3v) is 3.30. The Kier molecular flexibility index (Phi) is 5.82. The maximum atomic E-state index is 11.8. The first-order valence-electron chi connectivity index (χ1n) is 7.01. The molecule has 0 saturated carbocycles. The van der Waals surface area contributed by atoms with Crippen LogP contribution in [0.4, 0.5) is 5.69 Å². The Morgan fingerprint density at radius 1 is 1.04 bits per heavy atom. The van der Waals surface area contributed by atoms with Crippen LogP contribution in [0.2, 0.25) is 0 Å². The highest BCUT2D eigenvalue weighted by Gasteiger charge is 2.06. The Labute approximate surface area is 139 Å². The van der Waals surface area contributed by atoms with E-state index in [4.69, 9.17) is 12.2 Å². The van der Waals surface area contributed by atoms with E-state index in [0.29, 0.717) is 18.5 Å². The third-order valence-electron chi connectivity index (χ3n) is 3.09. The quantitative estimate of drug-likeness (QED) is 0.813. The Hall–Kier alpha value is -2.73. The first kappa shape index (κ1) is 16.6. The molecule has 0 fully saturated rings. The predicted octanol–water partition coefficient (Wildman–Crippen LogP) is 1.50. The van der Waals surface area contributed by atoms with Crippen molar-refractivity contribution in [1.29, 1.82) is 0 Å². The number of thiocarbonyl (C=S) groups is 1. The fourth-order valence-electron chi connectivity index (χ4n) is 1.98. The topological polar surface area (TPSA) is 81.3 Å². The Bertz CT molecular complexity index is 717. The van der Waals surface area contributed by atoms with E-state index in [1.165, 1.54) is 12.1 Å². The summed E-state index contributed by atoms with van der Waals surface area (Å²) in [5.41, 5.74) is 1.58. The van der Waals surface area contributed by atoms with E-state index < -0.39 is 5.97 Å². The summed E-state index contributed by atoms with van der Waals surface area (Å²) in [6.07, 6.45) is 0.931. The van der Waals surface area contributed by atoms with Crippen LogP contribution in [0.25, 0.3) is 0 Å². The molecule has 23 heavy (non-hydrogen) atoms. The molecular weight excluding hydrogens is 312 g/mol. The van der Waals surface area contributed by atoms with Gasteiger partial charge in [-0.05, 0) is 41.9 Å². The third kappa shape index (κ3) is 5.52. The average molecular weight is 327 g/mol. The number of carboxylic acids is 1. The van der Waals surface area contributed by atoms with Crippen molar-refractivity contribution >= 4 is 34.9 Å². The van der Waals surface area contributed by atoms with Gasteiger partial charge < -0.3 is 20.5 Å². The molecule has 0 bridgehead atoms. The summed E-state index contributed by atoms with van der Waals surface area (Å²) in [6, 6.07) is 15.7. The molecule has 2 aromatic carbocycles. The molecule has 0 aromatic heterocycles. The minimum atomic E-state index is -1.27. The van der Waals surface area contributed by atoms with Crippen LogP contribution < -0.4 is 15.7 Å². The van der Waals surface area contributed by atoms with Gasteiger partial charge in [0.2, 0.25) is 5.91 Å². The first-order valence-corrected chi connectivity index (χ1v) is 7.41. The highest BCUT2D eigenvalue weighted by Crippen LogP contribution is 2.10. The number of aromatic carboxylic acids is 1. The van der Waals surface area contributed by atoms with Gasteiger partial charge in [-0.15, -0.1) is 0 Å². The van der Waals surface area contributed by atoms with E-state index in [0.717, 1.165) is 5.56 Å². The molecule has 2 N–H and O–H groups in total. The maximum absolute atomic E-state index is 11.8. The van der Waals surface area contributed by atoms with Crippen LogP contribution in [0, 0.1) is 0 Å². The van der Waals surface area contributed by atoms with Gasteiger partial charge in [-0.2, -0.15) is 0 Å². The molecule has 0 aliphatic heterocycles. The molecule has 0 spiro atoms. The Morgan fingerprint density at radius 3 is 2.48 bits per heavy atom. The average Bonchev–Trinajstić information content (AvgIpc) is 2.54. The zero-order valence-corrected chi connectivity index (χ0v) is 13.1. The van der Waals surface area contributed by atoms with E-state index in [9.17, 15) is 14.7 Å². The molecule has 1 amide bonds. The number of nitrogens with one attached hydrogen (secondary N) is 2. The number of hydrogen-bond donors (Lipinski definition) is 2. The van der Waals surface area contributed by atoms with Gasteiger partial charge in [-0.3, -0.25) is 4.79 Å². The van der Waals surface area contributed by atoms with E-state index in [1.54, 1.807) is 12.1 Å². The lowest BCUT2D eigenvalue weighted by molar-refractivity contribution is -0.255. The smallest absolute Gasteiger partial charge is 0.226 e. The number of hydrogen-bond acceptors (Lipinski definition) is 4. The minimum absolute atomic E-state index is 0.0354. The number of carbonyl (C=O) groups is 2. The highest BCUT2D eigenvalue weighted by molar-refractivity contribution is 7.80. The van der Waals surface area contributed by atoms with Crippen molar-refractivity contribution in [2.45, 2.75) is 12.8 Å². The van der Waals surface area contributed by atoms with E-state index in [1.807, 2.05) is 30.3 Å². The number of amides is 1. The number of benzene rings is 2. The van der Waals surface area contributed by atoms with Crippen LogP contribution in [-0.4, -0.2) is 17.0 Å². The van der Waals surface area contributed by atoms with E-state index in [-0.39, 0.29) is 16.6 Å². The summed E-state index contributed by atoms with van der Waals surface area (Å²) in [7, 11) is 0. The molecule has 6 heteroatoms. The molecule has 0 saturated heterocycles. The second-order valence-electron chi connectivity index (χ2n) is 4.86. The summed E-state index contributed by atoms with van der Waals surface area (Å²) >= 11 is 5.05. The second kappa shape index (κ2) is 8.05. The van der Waals surface area contributed by atoms with Gasteiger partial charge in [-0.1, -0.05) is 42.5 Å². The van der Waals surface area contributed by atoms with E-state index in [2.05, 4.69) is 10.6 Å². The van der Waals surface area contributed by atoms with Crippen LogP contribution >= 0.6 is 12.2 Å². The standard InChI is InChI=1S/C17H16N2O3S/c20-15(10-9-12-5-2-1-3-6-12)19-17(23)18-14-8-4-7-13(11-14)16(21)22/h1-8,11H,9-10H2,(H,21,22)(H2,18,19,20,23)/p-1. The number of aryl methyl sites for hydroxylation is 1. The Balaban J connectivity index is 1.83. The summed E-state index contributed by atoms with van der Waals surface area (Å²) < 4.78 is 0. The van der Waals surface area contributed by atoms with Crippen LogP contribution in [0.3, 0.4) is 0 Å². The summed E-state index contributed by atoms with van der Waals surface area (Å²) in [4.78, 5) is 22.6. The second-order valence-corrected chi connectivity index (χ2v) is 5.26. The first-order chi connectivity index (χ1) is 11.0. The van der Waals surface area contributed by atoms with Crippen LogP contribution in [0.5, 0.6) is 0 Å². The van der Waals surface area contributed by atoms with Gasteiger partial charge in [0.15, 0.2) is 5.11 Å². The zero-order chi connectivity index (χ0) is 16.7. The SMILES string of the molecule is O=C(CCc1ccccc1)NC(=S)Nc1cccc(C(=O)[O-])c1. The highest BCUT2D eigenvalue weighted by atomic mass is 32.1. The van der Waals surface area contributed by atoms with Gasteiger partial charge in [0.25, 0.3) is 0 Å². The van der Waals surface area contributed by atoms with Crippen molar-refractivity contribution in [1.82, 2.24) is 5.32 Å². The molecule has 5 nitrogen and oxygen atoms in total. The van der Waals surface area contributed by atoms with Crippen LogP contribution in [-0.2, 0) is 11.2 Å². The van der Waals surface area contributed by atoms with Crippen molar-refractivity contribution in [2.24, 2.45) is 0 Å². The lowest BCUT2D eigenvalue weighted by Gasteiger charge is -2.11. The Morgan fingerprint density at radius 2 is 1.78 bits per heavy atom. The van der Waals surface area contributed by atoms with Crippen molar-refractivity contribution in [3.63, 3.8) is 0 Å². The number of carbonyl (C=O) groups excluding carboxylic acids is 2. The summed E-state index contributed by atoms with van der Waals surface area (Å²) in [6.45, 7) is 0. The predicted molar refractivity (Wildman–Crippen MR) is 89.9 cm³/mol. The van der Waals surface area contributed by atoms with Crippen molar-refractivity contribution in [2.75, 3.05) is 5.32 Å². The molecule has 0 unspecified atom stereocenters. The van der Waals surface area contributed by atoms with Crippen LogP contribution in [0.15, 0.2) is 54.6 Å². The molecule has 2 aromatic rings. The fourth-order valence-corrected chi connectivity index (χ4v) is 2.21. The zero-order valence-electron chi connectivity index (χ0n) is 12.2. The molecule has 0 atom stereocenters. The lowest BCUT2D eigenvalue weighted by atomic mass is 10.1. The monoisotopic (exact) mass is 327 g/mol. The summed E-state index contributed by atoms with van der Waals surface area (Å²) in [5.74, 6) is -1.48. The molecule has 0 heterocycles. The van der Waals surface area contributed by atoms with Crippen LogP contribution in [0.1, 0.15) is 22.3 Å². The number of rotatable bonds is 5. The number of carboxylic acid groups (broad SMARTS) is 1. The largest absolute Gasteiger partial charge is 0.545 e. The van der Waals surface area contributed by atoms with Crippen molar-refractivity contribution in [3.8, 4) is 0 Å². The maximum Gasteiger partial charge on any atom is 0.226 e. The molecule has 2 rings (SSSR count). The number of anilines is 1. The lowest BCUT2D eigenvalue weighted by Crippen LogP contribution is -2.34. The molecule has 0 aliphatic rings. The normalized spacial score (nSPS) is 9.91. The molecule has 0 radical (unpaired) electrons. The van der Waals surface area contributed by atoms with Gasteiger partial charge >= 0.3 is 0 Å². The van der Waals surface area contributed by atoms with E-state index >= 15 is 0 Å². The van der Waals surface area contributed by atoms with Gasteiger partial charge in [-0.25, -0.2) is 0 Å². The van der Waals surface area contributed by atoms with Gasteiger partial charge in [0.1, 0.15) is 0 Å². The van der Waals surface area contributed by atoms with Gasteiger partial charge in [0, 0.05) is 12.1 Å². The van der Waals surface area contributed by atoms with Crippen molar-refractivity contribution in [3.05, 3.63) is 65.7 Å². The minimum Gasteiger partial charge on any atom is -0.545 e. The molecule has 118 valence electrons. The fraction of sp³-hybridized carbons (Fsp3) is 0.118. The van der Waals surface area contributed by atoms with Crippen molar-refractivity contribution < 1.29 is 14.7 Å². The molecule has 0 aliphatic carbocycles. The molecular formula is C17H15N2O3S-. The van der Waals surface area contributed by atoms with Gasteiger partial charge in [0.05, 0.1) is 5.97 Å². The summed E-state index contributed by atoms with van der Waals surface area (Å²) in [5, 5.41) is 16.3.